The second kappa shape index (κ2) is 9.88. The molecular formula is C22H32ClN5O2. The summed E-state index contributed by atoms with van der Waals surface area (Å²) in [6.45, 7) is 6.95. The third-order valence-electron chi connectivity index (χ3n) is 6.37. The number of hydrogen-bond acceptors (Lipinski definition) is 4. The van der Waals surface area contributed by atoms with Gasteiger partial charge in [0.2, 0.25) is 5.91 Å². The Morgan fingerprint density at radius 2 is 1.50 bits per heavy atom. The molecule has 1 aromatic rings. The molecule has 0 radical (unpaired) electrons. The molecule has 0 unspecified atom stereocenters. The minimum atomic E-state index is -0.0963. The van der Waals surface area contributed by atoms with Crippen LogP contribution in [-0.2, 0) is 4.79 Å². The number of urea groups is 1. The highest BCUT2D eigenvalue weighted by atomic mass is 35.5. The SMILES string of the molecule is O=C(CN1CCN(C(=O)Nc2cc(Cl)ccc2N2CCCCC2)CC1)N1CCCC1. The Hall–Kier alpha value is -1.99. The lowest BCUT2D eigenvalue weighted by molar-refractivity contribution is -0.131. The van der Waals surface area contributed by atoms with E-state index in [9.17, 15) is 9.59 Å². The molecule has 0 atom stereocenters. The van der Waals surface area contributed by atoms with E-state index in [4.69, 9.17) is 11.6 Å². The fourth-order valence-electron chi connectivity index (χ4n) is 4.58. The molecule has 3 aliphatic heterocycles. The highest BCUT2D eigenvalue weighted by Crippen LogP contribution is 2.31. The van der Waals surface area contributed by atoms with Crippen LogP contribution in [0.4, 0.5) is 16.2 Å². The third kappa shape index (κ3) is 5.19. The fraction of sp³-hybridized carbons (Fsp3) is 0.636. The summed E-state index contributed by atoms with van der Waals surface area (Å²) in [5.74, 6) is 0.218. The summed E-state index contributed by atoms with van der Waals surface area (Å²) in [5, 5.41) is 3.71. The molecule has 3 heterocycles. The monoisotopic (exact) mass is 433 g/mol. The highest BCUT2D eigenvalue weighted by Gasteiger charge is 2.26. The zero-order chi connectivity index (χ0) is 20.9. The van der Waals surface area contributed by atoms with Crippen LogP contribution in [0.15, 0.2) is 18.2 Å². The number of piperazine rings is 1. The van der Waals surface area contributed by atoms with Gasteiger partial charge in [-0.25, -0.2) is 4.79 Å². The van der Waals surface area contributed by atoms with Crippen molar-refractivity contribution >= 4 is 34.9 Å². The van der Waals surface area contributed by atoms with Crippen molar-refractivity contribution in [2.24, 2.45) is 0 Å². The van der Waals surface area contributed by atoms with Crippen LogP contribution in [-0.4, -0.2) is 85.5 Å². The van der Waals surface area contributed by atoms with Crippen LogP contribution in [0.5, 0.6) is 0 Å². The first kappa shape index (κ1) is 21.2. The van der Waals surface area contributed by atoms with Crippen molar-refractivity contribution in [3.63, 3.8) is 0 Å². The fourth-order valence-corrected chi connectivity index (χ4v) is 4.75. The number of likely N-dealkylation sites (tertiary alicyclic amines) is 1. The predicted molar refractivity (Wildman–Crippen MR) is 120 cm³/mol. The normalized spacial score (nSPS) is 20.5. The number of piperidine rings is 1. The molecule has 4 rings (SSSR count). The van der Waals surface area contributed by atoms with Crippen LogP contribution in [0.3, 0.4) is 0 Å². The van der Waals surface area contributed by atoms with Crippen LogP contribution >= 0.6 is 11.6 Å². The summed E-state index contributed by atoms with van der Waals surface area (Å²) in [6.07, 6.45) is 5.84. The maximum atomic E-state index is 12.9. The van der Waals surface area contributed by atoms with Gasteiger partial charge in [-0.3, -0.25) is 9.69 Å². The van der Waals surface area contributed by atoms with Gasteiger partial charge in [0.15, 0.2) is 0 Å². The van der Waals surface area contributed by atoms with E-state index in [1.54, 1.807) is 0 Å². The van der Waals surface area contributed by atoms with E-state index in [-0.39, 0.29) is 11.9 Å². The van der Waals surface area contributed by atoms with E-state index in [1.807, 2.05) is 28.0 Å². The van der Waals surface area contributed by atoms with Gasteiger partial charge in [0, 0.05) is 57.4 Å². The second-order valence-corrected chi connectivity index (χ2v) is 8.93. The van der Waals surface area contributed by atoms with E-state index < -0.39 is 0 Å². The zero-order valence-corrected chi connectivity index (χ0v) is 18.4. The first-order chi connectivity index (χ1) is 14.6. The topological polar surface area (TPSA) is 59.1 Å². The Bertz CT molecular complexity index is 754. The van der Waals surface area contributed by atoms with E-state index in [2.05, 4.69) is 15.1 Å². The Morgan fingerprint density at radius 1 is 0.833 bits per heavy atom. The summed E-state index contributed by atoms with van der Waals surface area (Å²) >= 11 is 6.22. The van der Waals surface area contributed by atoms with E-state index >= 15 is 0 Å². The summed E-state index contributed by atoms with van der Waals surface area (Å²) in [5.41, 5.74) is 1.82. The Morgan fingerprint density at radius 3 is 2.20 bits per heavy atom. The number of benzene rings is 1. The molecule has 7 nitrogen and oxygen atoms in total. The number of anilines is 2. The Kier molecular flexibility index (Phi) is 7.00. The van der Waals surface area contributed by atoms with Crippen LogP contribution in [0.1, 0.15) is 32.1 Å². The van der Waals surface area contributed by atoms with Crippen LogP contribution in [0.25, 0.3) is 0 Å². The molecule has 3 fully saturated rings. The molecule has 0 bridgehead atoms. The number of carbonyl (C=O) groups excluding carboxylic acids is 2. The smallest absolute Gasteiger partial charge is 0.321 e. The second-order valence-electron chi connectivity index (χ2n) is 8.49. The average molecular weight is 434 g/mol. The van der Waals surface area contributed by atoms with Crippen LogP contribution < -0.4 is 10.2 Å². The van der Waals surface area contributed by atoms with E-state index in [0.29, 0.717) is 24.7 Å². The molecule has 1 aromatic carbocycles. The standard InChI is InChI=1S/C22H32ClN5O2/c23-18-6-7-20(26-8-2-1-3-9-26)19(16-18)24-22(30)28-14-12-25(13-15-28)17-21(29)27-10-4-5-11-27/h6-7,16H,1-5,8-15,17H2,(H,24,30). The Balaban J connectivity index is 1.31. The molecular weight excluding hydrogens is 402 g/mol. The minimum absolute atomic E-state index is 0.0963. The molecule has 0 aliphatic carbocycles. The van der Waals surface area contributed by atoms with Gasteiger partial charge in [0.25, 0.3) is 0 Å². The number of nitrogens with zero attached hydrogens (tertiary/aromatic N) is 4. The molecule has 0 aromatic heterocycles. The van der Waals surface area contributed by atoms with Gasteiger partial charge in [-0.15, -0.1) is 0 Å². The molecule has 3 aliphatic rings. The zero-order valence-electron chi connectivity index (χ0n) is 17.6. The lowest BCUT2D eigenvalue weighted by Crippen LogP contribution is -2.52. The van der Waals surface area contributed by atoms with Gasteiger partial charge in [0.05, 0.1) is 17.9 Å². The van der Waals surface area contributed by atoms with Gasteiger partial charge in [-0.2, -0.15) is 0 Å². The highest BCUT2D eigenvalue weighted by molar-refractivity contribution is 6.31. The van der Waals surface area contributed by atoms with Gasteiger partial charge < -0.3 is 20.0 Å². The quantitative estimate of drug-likeness (QED) is 0.792. The maximum Gasteiger partial charge on any atom is 0.321 e. The van der Waals surface area contributed by atoms with Crippen molar-refractivity contribution in [1.29, 1.82) is 0 Å². The van der Waals surface area contributed by atoms with Gasteiger partial charge in [0.1, 0.15) is 0 Å². The molecule has 3 saturated heterocycles. The number of amides is 3. The maximum absolute atomic E-state index is 12.9. The number of rotatable bonds is 4. The predicted octanol–water partition coefficient (Wildman–Crippen LogP) is 3.10. The molecule has 3 amide bonds. The Labute approximate surface area is 183 Å². The van der Waals surface area contributed by atoms with Gasteiger partial charge >= 0.3 is 6.03 Å². The number of halogens is 1. The van der Waals surface area contributed by atoms with Crippen LogP contribution in [0.2, 0.25) is 5.02 Å². The first-order valence-corrected chi connectivity index (χ1v) is 11.6. The summed E-state index contributed by atoms with van der Waals surface area (Å²) in [7, 11) is 0. The minimum Gasteiger partial charge on any atom is -0.370 e. The lowest BCUT2D eigenvalue weighted by atomic mass is 10.1. The first-order valence-electron chi connectivity index (χ1n) is 11.2. The molecule has 30 heavy (non-hydrogen) atoms. The summed E-state index contributed by atoms with van der Waals surface area (Å²) in [4.78, 5) is 33.6. The van der Waals surface area contributed by atoms with Crippen molar-refractivity contribution in [2.75, 3.05) is 69.1 Å². The molecule has 0 spiro atoms. The van der Waals surface area contributed by atoms with Crippen molar-refractivity contribution < 1.29 is 9.59 Å². The van der Waals surface area contributed by atoms with Crippen molar-refractivity contribution in [2.45, 2.75) is 32.1 Å². The van der Waals surface area contributed by atoms with Crippen molar-refractivity contribution in [3.8, 4) is 0 Å². The van der Waals surface area contributed by atoms with Gasteiger partial charge in [-0.05, 0) is 50.3 Å². The van der Waals surface area contributed by atoms with Crippen LogP contribution in [0, 0.1) is 0 Å². The largest absolute Gasteiger partial charge is 0.370 e. The summed E-state index contributed by atoms with van der Waals surface area (Å²) in [6, 6.07) is 5.64. The summed E-state index contributed by atoms with van der Waals surface area (Å²) < 4.78 is 0. The molecule has 8 heteroatoms. The van der Waals surface area contributed by atoms with Crippen molar-refractivity contribution in [1.82, 2.24) is 14.7 Å². The molecule has 1 N–H and O–H groups in total. The molecule has 164 valence electrons. The van der Waals surface area contributed by atoms with Gasteiger partial charge in [-0.1, -0.05) is 11.6 Å². The lowest BCUT2D eigenvalue weighted by Gasteiger charge is -2.35. The molecule has 0 saturated carbocycles. The van der Waals surface area contributed by atoms with Crippen molar-refractivity contribution in [3.05, 3.63) is 23.2 Å². The third-order valence-corrected chi connectivity index (χ3v) is 6.61. The van der Waals surface area contributed by atoms with E-state index in [1.165, 1.54) is 19.3 Å². The number of hydrogen-bond donors (Lipinski definition) is 1. The number of nitrogens with one attached hydrogen (secondary N) is 1. The van der Waals surface area contributed by atoms with E-state index in [0.717, 1.165) is 63.5 Å². The number of carbonyl (C=O) groups is 2. The average Bonchev–Trinajstić information content (AvgIpc) is 3.30.